The van der Waals surface area contributed by atoms with E-state index in [-0.39, 0.29) is 18.1 Å². The Morgan fingerprint density at radius 3 is 2.40 bits per heavy atom. The lowest BCUT2D eigenvalue weighted by Crippen LogP contribution is -2.47. The molecule has 0 aliphatic heterocycles. The summed E-state index contributed by atoms with van der Waals surface area (Å²) >= 11 is 0. The van der Waals surface area contributed by atoms with Gasteiger partial charge in [0.15, 0.2) is 5.78 Å². The van der Waals surface area contributed by atoms with E-state index in [1.54, 1.807) is 12.1 Å². The normalized spacial score (nSPS) is 11.6. The van der Waals surface area contributed by atoms with Crippen molar-refractivity contribution in [3.8, 4) is 0 Å². The van der Waals surface area contributed by atoms with Gasteiger partial charge in [-0.1, -0.05) is 56.2 Å². The van der Waals surface area contributed by atoms with Gasteiger partial charge >= 0.3 is 6.09 Å². The molecule has 0 fully saturated rings. The molecule has 0 spiro atoms. The summed E-state index contributed by atoms with van der Waals surface area (Å²) in [7, 11) is 0. The van der Waals surface area contributed by atoms with Gasteiger partial charge in [-0.2, -0.15) is 0 Å². The molecule has 7 heteroatoms. The number of unbranched alkanes of at least 4 members (excludes halogenated alkanes) is 2. The summed E-state index contributed by atoms with van der Waals surface area (Å²) in [6.07, 6.45) is 2.08. The predicted molar refractivity (Wildman–Crippen MR) is 115 cm³/mol. The van der Waals surface area contributed by atoms with Crippen LogP contribution in [0.1, 0.15) is 55.8 Å². The highest BCUT2D eigenvalue weighted by Crippen LogP contribution is 2.16. The summed E-state index contributed by atoms with van der Waals surface area (Å²) in [5.41, 5.74) is 0.484. The Bertz CT molecular complexity index is 909. The number of rotatable bonds is 12. The van der Waals surface area contributed by atoms with Crippen molar-refractivity contribution < 1.29 is 24.3 Å². The summed E-state index contributed by atoms with van der Waals surface area (Å²) in [5, 5.41) is 15.7. The van der Waals surface area contributed by atoms with E-state index in [9.17, 15) is 19.2 Å². The SMILES string of the molecule is CCC(=O)CCCCC[C@H](NC(=O)O)C(=O)NCC(=O)c1ccc2ccccc2c1. The standard InChI is InChI=1S/C23H28N2O5/c1-2-19(26)10-4-3-5-11-20(25-23(29)30)22(28)24-15-21(27)18-13-12-16-8-6-7-9-17(16)14-18/h6-9,12-14,20,25H,2-5,10-11,15H2,1H3,(H,24,28)(H,29,30)/t20-/m0/s1. The van der Waals surface area contributed by atoms with Gasteiger partial charge in [0.05, 0.1) is 6.54 Å². The van der Waals surface area contributed by atoms with Crippen LogP contribution in [-0.4, -0.2) is 41.3 Å². The van der Waals surface area contributed by atoms with Gasteiger partial charge in [-0.05, 0) is 29.7 Å². The number of ketones is 2. The van der Waals surface area contributed by atoms with Gasteiger partial charge < -0.3 is 15.7 Å². The van der Waals surface area contributed by atoms with Crippen molar-refractivity contribution in [1.29, 1.82) is 0 Å². The quantitative estimate of drug-likeness (QED) is 0.363. The highest BCUT2D eigenvalue weighted by Gasteiger charge is 2.21. The maximum Gasteiger partial charge on any atom is 0.405 e. The van der Waals surface area contributed by atoms with Crippen molar-refractivity contribution >= 4 is 34.3 Å². The molecule has 7 nitrogen and oxygen atoms in total. The molecule has 2 aromatic carbocycles. The molecule has 0 bridgehead atoms. The average Bonchev–Trinajstić information content (AvgIpc) is 2.75. The van der Waals surface area contributed by atoms with Crippen LogP contribution >= 0.6 is 0 Å². The summed E-state index contributed by atoms with van der Waals surface area (Å²) in [4.78, 5) is 47.2. The number of benzene rings is 2. The van der Waals surface area contributed by atoms with E-state index in [2.05, 4.69) is 10.6 Å². The number of carbonyl (C=O) groups excluding carboxylic acids is 3. The zero-order valence-electron chi connectivity index (χ0n) is 17.1. The van der Waals surface area contributed by atoms with Crippen LogP contribution in [-0.2, 0) is 9.59 Å². The van der Waals surface area contributed by atoms with Gasteiger partial charge in [0, 0.05) is 18.4 Å². The minimum atomic E-state index is -1.29. The zero-order valence-corrected chi connectivity index (χ0v) is 17.1. The van der Waals surface area contributed by atoms with Crippen LogP contribution in [0.4, 0.5) is 4.79 Å². The van der Waals surface area contributed by atoms with E-state index in [1.807, 2.05) is 37.3 Å². The molecule has 2 aromatic rings. The van der Waals surface area contributed by atoms with Gasteiger partial charge in [0.25, 0.3) is 0 Å². The fourth-order valence-electron chi connectivity index (χ4n) is 3.20. The molecule has 1 atom stereocenters. The van der Waals surface area contributed by atoms with E-state index >= 15 is 0 Å². The first kappa shape index (κ1) is 23.1. The number of Topliss-reactive ketones (excluding diaryl/α,β-unsaturated/α-hetero) is 2. The molecule has 30 heavy (non-hydrogen) atoms. The number of nitrogens with one attached hydrogen (secondary N) is 2. The van der Waals surface area contributed by atoms with E-state index < -0.39 is 18.0 Å². The topological polar surface area (TPSA) is 113 Å². The summed E-state index contributed by atoms with van der Waals surface area (Å²) in [5.74, 6) is -0.586. The fourth-order valence-corrected chi connectivity index (χ4v) is 3.20. The molecule has 0 unspecified atom stereocenters. The van der Waals surface area contributed by atoms with Crippen molar-refractivity contribution in [3.63, 3.8) is 0 Å². The first-order chi connectivity index (χ1) is 14.4. The van der Waals surface area contributed by atoms with Crippen LogP contribution in [0.2, 0.25) is 0 Å². The summed E-state index contributed by atoms with van der Waals surface area (Å²) < 4.78 is 0. The second-order valence-electron chi connectivity index (χ2n) is 7.20. The molecule has 0 aliphatic carbocycles. The predicted octanol–water partition coefficient (Wildman–Crippen LogP) is 3.70. The Kier molecular flexibility index (Phi) is 9.00. The van der Waals surface area contributed by atoms with Crippen molar-refractivity contribution in [3.05, 3.63) is 48.0 Å². The van der Waals surface area contributed by atoms with E-state index in [4.69, 9.17) is 5.11 Å². The maximum atomic E-state index is 12.4. The molecule has 0 saturated heterocycles. The lowest BCUT2D eigenvalue weighted by molar-refractivity contribution is -0.123. The number of fused-ring (bicyclic) bond motifs is 1. The Morgan fingerprint density at radius 1 is 0.967 bits per heavy atom. The Labute approximate surface area is 175 Å². The number of hydrogen-bond donors (Lipinski definition) is 3. The Morgan fingerprint density at radius 2 is 1.70 bits per heavy atom. The number of carboxylic acid groups (broad SMARTS) is 1. The van der Waals surface area contributed by atoms with E-state index in [0.717, 1.165) is 17.2 Å². The van der Waals surface area contributed by atoms with Crippen LogP contribution in [0.5, 0.6) is 0 Å². The third-order valence-corrected chi connectivity index (χ3v) is 4.95. The number of hydrogen-bond acceptors (Lipinski definition) is 4. The lowest BCUT2D eigenvalue weighted by atomic mass is 10.0. The second kappa shape index (κ2) is 11.7. The largest absolute Gasteiger partial charge is 0.465 e. The first-order valence-electron chi connectivity index (χ1n) is 10.2. The molecule has 2 amide bonds. The molecule has 0 saturated carbocycles. The van der Waals surface area contributed by atoms with Crippen LogP contribution < -0.4 is 10.6 Å². The lowest BCUT2D eigenvalue weighted by Gasteiger charge is -2.16. The fraction of sp³-hybridized carbons (Fsp3) is 0.391. The molecule has 0 heterocycles. The van der Waals surface area contributed by atoms with Crippen LogP contribution in [0.15, 0.2) is 42.5 Å². The Hall–Kier alpha value is -3.22. The highest BCUT2D eigenvalue weighted by molar-refractivity contribution is 6.02. The molecule has 0 aliphatic rings. The van der Waals surface area contributed by atoms with Gasteiger partial charge in [-0.3, -0.25) is 14.4 Å². The van der Waals surface area contributed by atoms with Crippen LogP contribution in [0.3, 0.4) is 0 Å². The van der Waals surface area contributed by atoms with Gasteiger partial charge in [-0.15, -0.1) is 0 Å². The first-order valence-corrected chi connectivity index (χ1v) is 10.2. The number of amides is 2. The molecule has 2 rings (SSSR count). The van der Waals surface area contributed by atoms with Crippen molar-refractivity contribution in [2.75, 3.05) is 6.54 Å². The molecular formula is C23H28N2O5. The summed E-state index contributed by atoms with van der Waals surface area (Å²) in [6, 6.07) is 12.1. The monoisotopic (exact) mass is 412 g/mol. The smallest absolute Gasteiger partial charge is 0.405 e. The molecule has 0 radical (unpaired) electrons. The molecule has 160 valence electrons. The van der Waals surface area contributed by atoms with Crippen LogP contribution in [0.25, 0.3) is 10.8 Å². The minimum Gasteiger partial charge on any atom is -0.465 e. The molecule has 3 N–H and O–H groups in total. The van der Waals surface area contributed by atoms with Crippen molar-refractivity contribution in [1.82, 2.24) is 10.6 Å². The Balaban J connectivity index is 1.86. The van der Waals surface area contributed by atoms with Gasteiger partial charge in [-0.25, -0.2) is 4.79 Å². The maximum absolute atomic E-state index is 12.4. The zero-order chi connectivity index (χ0) is 21.9. The van der Waals surface area contributed by atoms with Crippen LogP contribution in [0, 0.1) is 0 Å². The second-order valence-corrected chi connectivity index (χ2v) is 7.20. The van der Waals surface area contributed by atoms with Gasteiger partial charge in [0.1, 0.15) is 11.8 Å². The number of carbonyl (C=O) groups is 4. The highest BCUT2D eigenvalue weighted by atomic mass is 16.4. The van der Waals surface area contributed by atoms with Crippen molar-refractivity contribution in [2.45, 2.75) is 51.5 Å². The molecule has 0 aromatic heterocycles. The third kappa shape index (κ3) is 7.31. The van der Waals surface area contributed by atoms with E-state index in [0.29, 0.717) is 37.7 Å². The third-order valence-electron chi connectivity index (χ3n) is 4.95. The summed E-state index contributed by atoms with van der Waals surface area (Å²) in [6.45, 7) is 1.61. The van der Waals surface area contributed by atoms with E-state index in [1.165, 1.54) is 0 Å². The van der Waals surface area contributed by atoms with Crippen molar-refractivity contribution in [2.24, 2.45) is 0 Å². The minimum absolute atomic E-state index is 0.195. The molecular weight excluding hydrogens is 384 g/mol. The average molecular weight is 412 g/mol. The van der Waals surface area contributed by atoms with Gasteiger partial charge in [0.2, 0.25) is 5.91 Å².